The monoisotopic (exact) mass is 491 g/mol. The molecule has 1 aliphatic heterocycles. The van der Waals surface area contributed by atoms with Crippen LogP contribution >= 0.6 is 11.6 Å². The van der Waals surface area contributed by atoms with Gasteiger partial charge in [-0.15, -0.1) is 0 Å². The predicted octanol–water partition coefficient (Wildman–Crippen LogP) is 7.29. The zero-order chi connectivity index (χ0) is 24.8. The summed E-state index contributed by atoms with van der Waals surface area (Å²) in [5, 5.41) is 1.79. The van der Waals surface area contributed by atoms with E-state index >= 15 is 0 Å². The SMILES string of the molecule is CN(C)c1ccc2c(c1)-c1cc(N(C)C)ccc1C21Oc2ccccc2-c2[nH]c3ccc(Cl)cc3c21. The van der Waals surface area contributed by atoms with Gasteiger partial charge in [-0.1, -0.05) is 35.9 Å². The van der Waals surface area contributed by atoms with Crippen molar-refractivity contribution in [1.82, 2.24) is 4.98 Å². The molecule has 178 valence electrons. The summed E-state index contributed by atoms with van der Waals surface area (Å²) in [6.45, 7) is 0. The number of halogens is 1. The van der Waals surface area contributed by atoms with Crippen LogP contribution in [0.1, 0.15) is 16.7 Å². The van der Waals surface area contributed by atoms with Gasteiger partial charge >= 0.3 is 0 Å². The molecule has 0 saturated carbocycles. The van der Waals surface area contributed by atoms with E-state index in [1.54, 1.807) is 0 Å². The molecule has 0 fully saturated rings. The Balaban J connectivity index is 1.65. The lowest BCUT2D eigenvalue weighted by Crippen LogP contribution is -2.36. The van der Waals surface area contributed by atoms with E-state index in [1.165, 1.54) is 11.1 Å². The van der Waals surface area contributed by atoms with Crippen LogP contribution in [0.2, 0.25) is 5.02 Å². The first kappa shape index (κ1) is 21.4. The number of hydrogen-bond donors (Lipinski definition) is 1. The number of aromatic nitrogens is 1. The maximum Gasteiger partial charge on any atom is 0.188 e. The summed E-state index contributed by atoms with van der Waals surface area (Å²) in [6.07, 6.45) is 0. The fraction of sp³-hybridized carbons (Fsp3) is 0.161. The van der Waals surface area contributed by atoms with Crippen molar-refractivity contribution >= 4 is 33.9 Å². The molecule has 1 aromatic heterocycles. The lowest BCUT2D eigenvalue weighted by atomic mass is 9.79. The van der Waals surface area contributed by atoms with Gasteiger partial charge in [0.05, 0.1) is 5.69 Å². The molecular formula is C31H26ClN3O. The molecule has 2 aliphatic rings. The Morgan fingerprint density at radius 2 is 1.36 bits per heavy atom. The van der Waals surface area contributed by atoms with Crippen molar-refractivity contribution in [3.05, 3.63) is 101 Å². The molecule has 0 radical (unpaired) electrons. The topological polar surface area (TPSA) is 31.5 Å². The molecule has 5 heteroatoms. The highest BCUT2D eigenvalue weighted by Crippen LogP contribution is 2.60. The van der Waals surface area contributed by atoms with Crippen LogP contribution in [0.25, 0.3) is 33.3 Å². The third-order valence-electron chi connectivity index (χ3n) is 7.62. The van der Waals surface area contributed by atoms with Gasteiger partial charge in [-0.2, -0.15) is 0 Å². The third-order valence-corrected chi connectivity index (χ3v) is 7.86. The first-order valence-corrected chi connectivity index (χ1v) is 12.5. The van der Waals surface area contributed by atoms with Crippen LogP contribution in [0.4, 0.5) is 11.4 Å². The number of para-hydroxylation sites is 1. The number of rotatable bonds is 2. The average molecular weight is 492 g/mol. The summed E-state index contributed by atoms with van der Waals surface area (Å²) in [7, 11) is 8.32. The summed E-state index contributed by atoms with van der Waals surface area (Å²) in [6, 6.07) is 27.8. The zero-order valence-corrected chi connectivity index (χ0v) is 21.4. The Labute approximate surface area is 215 Å². The van der Waals surface area contributed by atoms with Gasteiger partial charge < -0.3 is 19.5 Å². The summed E-state index contributed by atoms with van der Waals surface area (Å²) in [5.41, 5.74) is 10.5. The molecule has 2 heterocycles. The molecule has 1 N–H and O–H groups in total. The van der Waals surface area contributed by atoms with Crippen molar-refractivity contribution in [1.29, 1.82) is 0 Å². The van der Waals surface area contributed by atoms with Crippen molar-refractivity contribution in [2.24, 2.45) is 0 Å². The maximum atomic E-state index is 7.18. The van der Waals surface area contributed by atoms with Gasteiger partial charge in [0.2, 0.25) is 0 Å². The summed E-state index contributed by atoms with van der Waals surface area (Å²) in [5.74, 6) is 0.870. The van der Waals surface area contributed by atoms with Crippen molar-refractivity contribution in [2.75, 3.05) is 38.0 Å². The molecule has 0 unspecified atom stereocenters. The second-order valence-electron chi connectivity index (χ2n) is 10.1. The van der Waals surface area contributed by atoms with Crippen LogP contribution in [0.3, 0.4) is 0 Å². The summed E-state index contributed by atoms with van der Waals surface area (Å²) in [4.78, 5) is 8.01. The van der Waals surface area contributed by atoms with E-state index < -0.39 is 5.60 Å². The minimum absolute atomic E-state index is 0.711. The molecule has 7 rings (SSSR count). The second-order valence-corrected chi connectivity index (χ2v) is 10.5. The largest absolute Gasteiger partial charge is 0.472 e. The number of ether oxygens (including phenoxy) is 1. The van der Waals surface area contributed by atoms with E-state index in [0.717, 1.165) is 56.0 Å². The van der Waals surface area contributed by atoms with Crippen molar-refractivity contribution < 1.29 is 4.74 Å². The van der Waals surface area contributed by atoms with E-state index in [-0.39, 0.29) is 0 Å². The Hall–Kier alpha value is -3.89. The Kier molecular flexibility index (Phi) is 4.35. The number of aromatic amines is 1. The van der Waals surface area contributed by atoms with Crippen molar-refractivity contribution in [3.63, 3.8) is 0 Å². The molecule has 0 atom stereocenters. The van der Waals surface area contributed by atoms with Crippen LogP contribution in [0, 0.1) is 0 Å². The number of H-pyrrole nitrogens is 1. The minimum atomic E-state index is -0.799. The smallest absolute Gasteiger partial charge is 0.188 e. The van der Waals surface area contributed by atoms with E-state index in [4.69, 9.17) is 16.3 Å². The molecule has 0 amide bonds. The van der Waals surface area contributed by atoms with Gasteiger partial charge in [-0.3, -0.25) is 0 Å². The fourth-order valence-electron chi connectivity index (χ4n) is 5.91. The Morgan fingerprint density at radius 1 is 0.722 bits per heavy atom. The molecule has 4 aromatic carbocycles. The van der Waals surface area contributed by atoms with Crippen LogP contribution < -0.4 is 14.5 Å². The highest BCUT2D eigenvalue weighted by Gasteiger charge is 2.52. The number of hydrogen-bond acceptors (Lipinski definition) is 3. The molecule has 1 spiro atoms. The highest BCUT2D eigenvalue weighted by atomic mass is 35.5. The van der Waals surface area contributed by atoms with E-state index in [9.17, 15) is 0 Å². The van der Waals surface area contributed by atoms with E-state index in [1.807, 2.05) is 12.1 Å². The molecule has 0 saturated heterocycles. The molecule has 5 aromatic rings. The normalized spacial score (nSPS) is 14.1. The minimum Gasteiger partial charge on any atom is -0.472 e. The third kappa shape index (κ3) is 2.71. The number of fused-ring (bicyclic) bond motifs is 11. The predicted molar refractivity (Wildman–Crippen MR) is 150 cm³/mol. The standard InChI is InChI=1S/C31H26ClN3O/c1-34(2)19-10-12-25-22(16-19)23-17-20(35(3)4)11-13-26(23)31(25)29-24-15-18(32)9-14-27(24)33-30(29)21-7-5-6-8-28(21)36-31/h5-17,33H,1-4H3. The van der Waals surface area contributed by atoms with Crippen LogP contribution in [-0.2, 0) is 5.60 Å². The number of nitrogens with one attached hydrogen (secondary N) is 1. The number of nitrogens with zero attached hydrogens (tertiary/aromatic N) is 2. The summed E-state index contributed by atoms with van der Waals surface area (Å²) < 4.78 is 7.18. The van der Waals surface area contributed by atoms with Crippen LogP contribution in [0.5, 0.6) is 5.75 Å². The number of benzene rings is 4. The Morgan fingerprint density at radius 3 is 2.00 bits per heavy atom. The first-order chi connectivity index (χ1) is 17.4. The molecule has 36 heavy (non-hydrogen) atoms. The fourth-order valence-corrected chi connectivity index (χ4v) is 6.09. The lowest BCUT2D eigenvalue weighted by Gasteiger charge is -2.38. The van der Waals surface area contributed by atoms with Gasteiger partial charge in [-0.05, 0) is 65.7 Å². The van der Waals surface area contributed by atoms with Gasteiger partial charge in [-0.25, -0.2) is 0 Å². The molecular weight excluding hydrogens is 466 g/mol. The Bertz CT molecular complexity index is 1640. The van der Waals surface area contributed by atoms with Crippen molar-refractivity contribution in [2.45, 2.75) is 5.60 Å². The average Bonchev–Trinajstić information content (AvgIpc) is 3.38. The van der Waals surface area contributed by atoms with Crippen LogP contribution in [0.15, 0.2) is 78.9 Å². The molecule has 1 aliphatic carbocycles. The maximum absolute atomic E-state index is 7.18. The second kappa shape index (κ2) is 7.31. The van der Waals surface area contributed by atoms with Crippen LogP contribution in [-0.4, -0.2) is 33.2 Å². The van der Waals surface area contributed by atoms with Crippen molar-refractivity contribution in [3.8, 4) is 28.1 Å². The lowest BCUT2D eigenvalue weighted by molar-refractivity contribution is 0.158. The molecule has 0 bridgehead atoms. The summed E-state index contributed by atoms with van der Waals surface area (Å²) >= 11 is 6.56. The highest BCUT2D eigenvalue weighted by molar-refractivity contribution is 6.31. The molecule has 4 nitrogen and oxygen atoms in total. The first-order valence-electron chi connectivity index (χ1n) is 12.1. The van der Waals surface area contributed by atoms with Gasteiger partial charge in [0.25, 0.3) is 0 Å². The zero-order valence-electron chi connectivity index (χ0n) is 20.7. The van der Waals surface area contributed by atoms with E-state index in [2.05, 4.69) is 110 Å². The van der Waals surface area contributed by atoms with Gasteiger partial charge in [0.1, 0.15) is 5.75 Å². The quantitative estimate of drug-likeness (QED) is 0.281. The van der Waals surface area contributed by atoms with Gasteiger partial charge in [0, 0.05) is 77.7 Å². The number of anilines is 2. The van der Waals surface area contributed by atoms with Gasteiger partial charge in [0.15, 0.2) is 5.60 Å². The van der Waals surface area contributed by atoms with E-state index in [0.29, 0.717) is 5.02 Å².